The number of ether oxygens (including phenoxy) is 1. The van der Waals surface area contributed by atoms with Gasteiger partial charge in [-0.05, 0) is 42.0 Å². The van der Waals surface area contributed by atoms with Gasteiger partial charge in [0.25, 0.3) is 5.91 Å². The van der Waals surface area contributed by atoms with Crippen molar-refractivity contribution in [3.8, 4) is 5.75 Å². The minimum absolute atomic E-state index is 0.00959. The molecule has 122 valence electrons. The van der Waals surface area contributed by atoms with Crippen LogP contribution in [0.2, 0.25) is 0 Å². The van der Waals surface area contributed by atoms with Crippen molar-refractivity contribution in [2.24, 2.45) is 5.14 Å². The second kappa shape index (κ2) is 7.58. The Balaban J connectivity index is 1.86. The Hall–Kier alpha value is -1.90. The van der Waals surface area contributed by atoms with Gasteiger partial charge in [0.05, 0.1) is 4.90 Å². The molecule has 2 aromatic rings. The van der Waals surface area contributed by atoms with Crippen LogP contribution in [0.15, 0.2) is 57.9 Å². The number of halogens is 1. The van der Waals surface area contributed by atoms with E-state index >= 15 is 0 Å². The molecule has 6 nitrogen and oxygen atoms in total. The summed E-state index contributed by atoms with van der Waals surface area (Å²) < 4.78 is 28.8. The molecule has 0 heterocycles. The zero-order valence-electron chi connectivity index (χ0n) is 12.0. The van der Waals surface area contributed by atoms with E-state index in [9.17, 15) is 13.2 Å². The normalized spacial score (nSPS) is 11.0. The average Bonchev–Trinajstić information content (AvgIpc) is 2.52. The van der Waals surface area contributed by atoms with Crippen molar-refractivity contribution in [1.82, 2.24) is 5.32 Å². The van der Waals surface area contributed by atoms with E-state index in [-0.39, 0.29) is 24.0 Å². The summed E-state index contributed by atoms with van der Waals surface area (Å²) in [5.74, 6) is 0.272. The van der Waals surface area contributed by atoms with Gasteiger partial charge in [0.2, 0.25) is 10.0 Å². The van der Waals surface area contributed by atoms with Gasteiger partial charge < -0.3 is 10.1 Å². The van der Waals surface area contributed by atoms with Crippen LogP contribution in [0.5, 0.6) is 5.75 Å². The number of benzene rings is 2. The van der Waals surface area contributed by atoms with E-state index in [0.717, 1.165) is 4.47 Å². The summed E-state index contributed by atoms with van der Waals surface area (Å²) >= 11 is 3.31. The van der Waals surface area contributed by atoms with E-state index in [0.29, 0.717) is 11.3 Å². The minimum Gasteiger partial charge on any atom is -0.484 e. The molecule has 0 bridgehead atoms. The Labute approximate surface area is 142 Å². The molecule has 0 aliphatic rings. The second-order valence-electron chi connectivity index (χ2n) is 4.71. The molecule has 0 aliphatic carbocycles. The van der Waals surface area contributed by atoms with Crippen LogP contribution in [-0.4, -0.2) is 20.9 Å². The molecule has 0 aromatic heterocycles. The predicted octanol–water partition coefficient (Wildman–Crippen LogP) is 1.79. The van der Waals surface area contributed by atoms with Crippen molar-refractivity contribution in [3.05, 3.63) is 58.6 Å². The molecule has 3 N–H and O–H groups in total. The van der Waals surface area contributed by atoms with Crippen molar-refractivity contribution in [2.45, 2.75) is 11.4 Å². The molecular weight excluding hydrogens is 384 g/mol. The van der Waals surface area contributed by atoms with E-state index in [2.05, 4.69) is 21.2 Å². The number of hydrogen-bond acceptors (Lipinski definition) is 4. The number of hydrogen-bond donors (Lipinski definition) is 2. The lowest BCUT2D eigenvalue weighted by Gasteiger charge is -2.08. The van der Waals surface area contributed by atoms with E-state index in [1.165, 1.54) is 12.1 Å². The van der Waals surface area contributed by atoms with Crippen molar-refractivity contribution < 1.29 is 17.9 Å². The van der Waals surface area contributed by atoms with Crippen molar-refractivity contribution >= 4 is 31.9 Å². The molecule has 0 spiro atoms. The Morgan fingerprint density at radius 1 is 1.17 bits per heavy atom. The Morgan fingerprint density at radius 3 is 2.52 bits per heavy atom. The van der Waals surface area contributed by atoms with Gasteiger partial charge >= 0.3 is 0 Å². The summed E-state index contributed by atoms with van der Waals surface area (Å²) in [5, 5.41) is 7.72. The number of nitrogens with two attached hydrogens (primary N) is 1. The van der Waals surface area contributed by atoms with Crippen LogP contribution in [0.3, 0.4) is 0 Å². The zero-order chi connectivity index (χ0) is 16.9. The molecule has 2 rings (SSSR count). The SMILES string of the molecule is NS(=O)(=O)c1cccc(CNC(=O)COc2ccc(Br)cc2)c1. The summed E-state index contributed by atoms with van der Waals surface area (Å²) in [6.45, 7) is 0.0579. The number of sulfonamides is 1. The van der Waals surface area contributed by atoms with Crippen LogP contribution in [0.4, 0.5) is 0 Å². The van der Waals surface area contributed by atoms with Crippen LogP contribution in [0.1, 0.15) is 5.56 Å². The number of carbonyl (C=O) groups is 1. The highest BCUT2D eigenvalue weighted by Gasteiger charge is 2.08. The van der Waals surface area contributed by atoms with Crippen molar-refractivity contribution in [1.29, 1.82) is 0 Å². The standard InChI is InChI=1S/C15H15BrN2O4S/c16-12-4-6-13(7-5-12)22-10-15(19)18-9-11-2-1-3-14(8-11)23(17,20)21/h1-8H,9-10H2,(H,18,19)(H2,17,20,21). The molecule has 23 heavy (non-hydrogen) atoms. The Bertz CT molecular complexity index is 791. The van der Waals surface area contributed by atoms with Crippen molar-refractivity contribution in [3.63, 3.8) is 0 Å². The zero-order valence-corrected chi connectivity index (χ0v) is 14.4. The van der Waals surface area contributed by atoms with Gasteiger partial charge in [0, 0.05) is 11.0 Å². The summed E-state index contributed by atoms with van der Waals surface area (Å²) in [6, 6.07) is 13.2. The maximum absolute atomic E-state index is 11.8. The highest BCUT2D eigenvalue weighted by Crippen LogP contribution is 2.15. The molecule has 0 aliphatic heterocycles. The van der Waals surface area contributed by atoms with Crippen LogP contribution in [0, 0.1) is 0 Å². The fraction of sp³-hybridized carbons (Fsp3) is 0.133. The maximum atomic E-state index is 11.8. The fourth-order valence-corrected chi connectivity index (χ4v) is 2.61. The van der Waals surface area contributed by atoms with Crippen LogP contribution in [-0.2, 0) is 21.4 Å². The quantitative estimate of drug-likeness (QED) is 0.774. The first-order valence-electron chi connectivity index (χ1n) is 6.61. The fourth-order valence-electron chi connectivity index (χ4n) is 1.76. The molecule has 0 unspecified atom stereocenters. The first-order chi connectivity index (χ1) is 10.8. The summed E-state index contributed by atoms with van der Waals surface area (Å²) in [5.41, 5.74) is 0.633. The maximum Gasteiger partial charge on any atom is 0.258 e. The molecule has 1 amide bonds. The Morgan fingerprint density at radius 2 is 1.87 bits per heavy atom. The molecule has 0 saturated heterocycles. The first-order valence-corrected chi connectivity index (χ1v) is 8.95. The van der Waals surface area contributed by atoms with Crippen molar-refractivity contribution in [2.75, 3.05) is 6.61 Å². The van der Waals surface area contributed by atoms with Gasteiger partial charge in [-0.15, -0.1) is 0 Å². The van der Waals surface area contributed by atoms with E-state index in [1.54, 1.807) is 24.3 Å². The minimum atomic E-state index is -3.75. The lowest BCUT2D eigenvalue weighted by molar-refractivity contribution is -0.123. The lowest BCUT2D eigenvalue weighted by atomic mass is 10.2. The summed E-state index contributed by atoms with van der Waals surface area (Å²) in [7, 11) is -3.75. The molecule has 2 aromatic carbocycles. The number of rotatable bonds is 6. The van der Waals surface area contributed by atoms with Gasteiger partial charge in [-0.25, -0.2) is 13.6 Å². The topological polar surface area (TPSA) is 98.5 Å². The van der Waals surface area contributed by atoms with Gasteiger partial charge in [-0.2, -0.15) is 0 Å². The van der Waals surface area contributed by atoms with Gasteiger partial charge in [0.1, 0.15) is 5.75 Å². The highest BCUT2D eigenvalue weighted by molar-refractivity contribution is 9.10. The second-order valence-corrected chi connectivity index (χ2v) is 7.19. The monoisotopic (exact) mass is 398 g/mol. The molecule has 0 atom stereocenters. The van der Waals surface area contributed by atoms with E-state index in [1.807, 2.05) is 12.1 Å². The average molecular weight is 399 g/mol. The number of nitrogens with one attached hydrogen (secondary N) is 1. The molecular formula is C15H15BrN2O4S. The van der Waals surface area contributed by atoms with Gasteiger partial charge in [-0.3, -0.25) is 4.79 Å². The molecule has 0 fully saturated rings. The van der Waals surface area contributed by atoms with Gasteiger partial charge in [0.15, 0.2) is 6.61 Å². The van der Waals surface area contributed by atoms with Crippen LogP contribution < -0.4 is 15.2 Å². The van der Waals surface area contributed by atoms with Gasteiger partial charge in [-0.1, -0.05) is 28.1 Å². The number of primary sulfonamides is 1. The third-order valence-electron chi connectivity index (χ3n) is 2.90. The molecule has 0 saturated carbocycles. The smallest absolute Gasteiger partial charge is 0.258 e. The summed E-state index contributed by atoms with van der Waals surface area (Å²) in [6.07, 6.45) is 0. The lowest BCUT2D eigenvalue weighted by Crippen LogP contribution is -2.28. The number of amides is 1. The third kappa shape index (κ3) is 5.66. The highest BCUT2D eigenvalue weighted by atomic mass is 79.9. The predicted molar refractivity (Wildman–Crippen MR) is 89.3 cm³/mol. The van der Waals surface area contributed by atoms with E-state index < -0.39 is 10.0 Å². The third-order valence-corrected chi connectivity index (χ3v) is 4.34. The Kier molecular flexibility index (Phi) is 5.75. The van der Waals surface area contributed by atoms with Crippen LogP contribution >= 0.6 is 15.9 Å². The largest absolute Gasteiger partial charge is 0.484 e. The van der Waals surface area contributed by atoms with Crippen LogP contribution in [0.25, 0.3) is 0 Å². The molecule has 0 radical (unpaired) electrons. The van der Waals surface area contributed by atoms with E-state index in [4.69, 9.17) is 9.88 Å². The first kappa shape index (κ1) is 17.5. The summed E-state index contributed by atoms with van der Waals surface area (Å²) in [4.78, 5) is 11.8. The molecule has 8 heteroatoms. The number of carbonyl (C=O) groups excluding carboxylic acids is 1.